The summed E-state index contributed by atoms with van der Waals surface area (Å²) in [6.45, 7) is 11.0. The first-order valence-corrected chi connectivity index (χ1v) is 16.2. The van der Waals surface area contributed by atoms with Crippen molar-refractivity contribution in [2.75, 3.05) is 19.6 Å². The molecule has 3 fully saturated rings. The molecule has 8 nitrogen and oxygen atoms in total. The maximum atomic E-state index is 14.0. The van der Waals surface area contributed by atoms with Gasteiger partial charge in [-0.05, 0) is 132 Å². The van der Waals surface area contributed by atoms with Crippen LogP contribution in [0.2, 0.25) is 0 Å². The molecule has 2 saturated heterocycles. The molecule has 228 valence electrons. The van der Waals surface area contributed by atoms with Gasteiger partial charge in [0, 0.05) is 23.7 Å². The van der Waals surface area contributed by atoms with Crippen LogP contribution in [0, 0.1) is 19.8 Å². The molecular formula is C36H43N7O. The Kier molecular flexibility index (Phi) is 7.49. The van der Waals surface area contributed by atoms with E-state index in [4.69, 9.17) is 4.98 Å². The molecule has 1 amide bonds. The largest absolute Gasteiger partial charge is 0.353 e. The van der Waals surface area contributed by atoms with Gasteiger partial charge in [0.05, 0.1) is 22.8 Å². The van der Waals surface area contributed by atoms with Gasteiger partial charge in [0.2, 0.25) is 5.91 Å². The molecule has 3 N–H and O–H groups in total. The number of piperidine rings is 2. The highest BCUT2D eigenvalue weighted by Gasteiger charge is 2.43. The molecular weight excluding hydrogens is 546 g/mol. The Bertz CT molecular complexity index is 1800. The Morgan fingerprint density at radius 1 is 0.955 bits per heavy atom. The maximum absolute atomic E-state index is 14.0. The van der Waals surface area contributed by atoms with Crippen LogP contribution >= 0.6 is 0 Å². The number of fused-ring (bicyclic) bond motifs is 5. The van der Waals surface area contributed by atoms with Gasteiger partial charge < -0.3 is 15.2 Å². The lowest BCUT2D eigenvalue weighted by Gasteiger charge is -2.47. The predicted octanol–water partition coefficient (Wildman–Crippen LogP) is 6.17. The summed E-state index contributed by atoms with van der Waals surface area (Å²) in [6, 6.07) is 15.5. The molecule has 5 heterocycles. The molecule has 0 spiro atoms. The fourth-order valence-electron chi connectivity index (χ4n) is 7.51. The SMILES string of the molecule is Cc1cc(C)cc(-c2[nH]c3cnc(C(C)(C)C(=O)N4CC5CCC4CC5)cc3c2CCNCCc2ccc3n[nH]nc3c2)c1. The molecule has 0 unspecified atom stereocenters. The number of aromatic amines is 2. The van der Waals surface area contributed by atoms with Gasteiger partial charge in [-0.1, -0.05) is 23.3 Å². The van der Waals surface area contributed by atoms with Crippen molar-refractivity contribution in [1.82, 2.24) is 35.6 Å². The van der Waals surface area contributed by atoms with E-state index >= 15 is 0 Å². The molecule has 8 heteroatoms. The lowest BCUT2D eigenvalue weighted by molar-refractivity contribution is -0.144. The van der Waals surface area contributed by atoms with Crippen LogP contribution in [0.15, 0.2) is 48.7 Å². The number of pyridine rings is 1. The smallest absolute Gasteiger partial charge is 0.234 e. The van der Waals surface area contributed by atoms with Gasteiger partial charge in [-0.15, -0.1) is 0 Å². The molecule has 2 bridgehead atoms. The summed E-state index contributed by atoms with van der Waals surface area (Å²) in [5, 5.41) is 15.9. The van der Waals surface area contributed by atoms with Crippen LogP contribution in [-0.4, -0.2) is 61.9 Å². The second kappa shape index (κ2) is 11.5. The normalized spacial score (nSPS) is 18.5. The summed E-state index contributed by atoms with van der Waals surface area (Å²) < 4.78 is 0. The summed E-state index contributed by atoms with van der Waals surface area (Å²) >= 11 is 0. The van der Waals surface area contributed by atoms with Crippen LogP contribution < -0.4 is 5.32 Å². The summed E-state index contributed by atoms with van der Waals surface area (Å²) in [7, 11) is 0. The molecule has 8 rings (SSSR count). The van der Waals surface area contributed by atoms with E-state index in [1.54, 1.807) is 0 Å². The average molecular weight is 590 g/mol. The highest BCUT2D eigenvalue weighted by Crippen LogP contribution is 2.39. The third-order valence-corrected chi connectivity index (χ3v) is 9.97. The lowest BCUT2D eigenvalue weighted by Crippen LogP contribution is -2.55. The van der Waals surface area contributed by atoms with E-state index in [2.05, 4.69) is 94.7 Å². The van der Waals surface area contributed by atoms with E-state index in [1.807, 2.05) is 12.3 Å². The Hall–Kier alpha value is -4.04. The van der Waals surface area contributed by atoms with Crippen molar-refractivity contribution in [2.45, 2.75) is 77.7 Å². The molecule has 3 aromatic heterocycles. The number of nitrogens with zero attached hydrogens (tertiary/aromatic N) is 4. The number of benzene rings is 2. The second-order valence-corrected chi connectivity index (χ2v) is 13.6. The first-order chi connectivity index (χ1) is 21.3. The summed E-state index contributed by atoms with van der Waals surface area (Å²) in [6.07, 6.45) is 8.52. The number of hydrogen-bond donors (Lipinski definition) is 3. The van der Waals surface area contributed by atoms with Crippen molar-refractivity contribution < 1.29 is 4.79 Å². The van der Waals surface area contributed by atoms with Crippen molar-refractivity contribution in [2.24, 2.45) is 5.92 Å². The maximum Gasteiger partial charge on any atom is 0.234 e. The standard InChI is InChI=1S/C36H43N7O/c1-22-15-23(2)17-26(16-22)34-28(12-14-37-13-11-24-7-10-30-31(18-24)41-42-40-30)29-19-33(38-20-32(29)39-34)36(3,4)35(44)43-21-25-5-8-27(43)9-6-25/h7,10,15-20,25,27,37,39H,5-6,8-9,11-14,21H2,1-4H3,(H,40,41,42). The molecule has 1 aliphatic carbocycles. The van der Waals surface area contributed by atoms with Crippen LogP contribution in [0.1, 0.15) is 67.5 Å². The third-order valence-electron chi connectivity index (χ3n) is 9.97. The van der Waals surface area contributed by atoms with E-state index in [9.17, 15) is 4.79 Å². The fourth-order valence-corrected chi connectivity index (χ4v) is 7.51. The van der Waals surface area contributed by atoms with Gasteiger partial charge in [-0.25, -0.2) is 0 Å². The van der Waals surface area contributed by atoms with E-state index in [-0.39, 0.29) is 5.91 Å². The van der Waals surface area contributed by atoms with Gasteiger partial charge >= 0.3 is 0 Å². The number of hydrogen-bond acceptors (Lipinski definition) is 5. The zero-order valence-electron chi connectivity index (χ0n) is 26.3. The van der Waals surface area contributed by atoms with Gasteiger partial charge in [-0.3, -0.25) is 9.78 Å². The number of nitrogens with one attached hydrogen (secondary N) is 3. The number of aryl methyl sites for hydroxylation is 2. The highest BCUT2D eigenvalue weighted by atomic mass is 16.2. The number of amides is 1. The van der Waals surface area contributed by atoms with Crippen LogP contribution in [0.4, 0.5) is 0 Å². The Morgan fingerprint density at radius 3 is 2.45 bits per heavy atom. The van der Waals surface area contributed by atoms with Crippen molar-refractivity contribution in [3.8, 4) is 11.3 Å². The van der Waals surface area contributed by atoms with E-state index < -0.39 is 5.41 Å². The van der Waals surface area contributed by atoms with E-state index in [0.717, 1.165) is 78.6 Å². The van der Waals surface area contributed by atoms with Crippen LogP contribution in [0.3, 0.4) is 0 Å². The topological polar surface area (TPSA) is 103 Å². The summed E-state index contributed by atoms with van der Waals surface area (Å²) in [5.41, 5.74) is 10.3. The first kappa shape index (κ1) is 28.7. The monoisotopic (exact) mass is 589 g/mol. The fraction of sp³-hybridized carbons (Fsp3) is 0.444. The number of rotatable bonds is 9. The minimum atomic E-state index is -0.691. The minimum absolute atomic E-state index is 0.218. The highest BCUT2D eigenvalue weighted by molar-refractivity contribution is 5.93. The Balaban J connectivity index is 1.15. The number of H-pyrrole nitrogens is 2. The summed E-state index contributed by atoms with van der Waals surface area (Å²) in [4.78, 5) is 24.8. The summed E-state index contributed by atoms with van der Waals surface area (Å²) in [5.74, 6) is 0.875. The van der Waals surface area contributed by atoms with Gasteiger partial charge in [-0.2, -0.15) is 15.4 Å². The number of carbonyl (C=O) groups is 1. The number of aromatic nitrogens is 5. The zero-order valence-corrected chi connectivity index (χ0v) is 26.3. The van der Waals surface area contributed by atoms with Gasteiger partial charge in [0.25, 0.3) is 0 Å². The van der Waals surface area contributed by atoms with Crippen molar-refractivity contribution in [3.63, 3.8) is 0 Å². The van der Waals surface area contributed by atoms with E-state index in [1.165, 1.54) is 40.7 Å². The third kappa shape index (κ3) is 5.40. The van der Waals surface area contributed by atoms with Crippen LogP contribution in [0.25, 0.3) is 33.2 Å². The first-order valence-electron chi connectivity index (χ1n) is 16.2. The molecule has 3 aliphatic rings. The van der Waals surface area contributed by atoms with Crippen molar-refractivity contribution in [1.29, 1.82) is 0 Å². The van der Waals surface area contributed by atoms with E-state index in [0.29, 0.717) is 12.0 Å². The Labute approximate surface area is 259 Å². The average Bonchev–Trinajstić information content (AvgIpc) is 3.64. The zero-order chi connectivity index (χ0) is 30.4. The second-order valence-electron chi connectivity index (χ2n) is 13.6. The molecule has 0 radical (unpaired) electrons. The van der Waals surface area contributed by atoms with Gasteiger partial charge in [0.1, 0.15) is 11.0 Å². The van der Waals surface area contributed by atoms with Crippen LogP contribution in [-0.2, 0) is 23.1 Å². The lowest BCUT2D eigenvalue weighted by atomic mass is 9.77. The van der Waals surface area contributed by atoms with Crippen molar-refractivity contribution in [3.05, 3.63) is 76.6 Å². The van der Waals surface area contributed by atoms with Crippen LogP contribution in [0.5, 0.6) is 0 Å². The molecule has 2 aromatic carbocycles. The number of carbonyl (C=O) groups excluding carboxylic acids is 1. The molecule has 44 heavy (non-hydrogen) atoms. The molecule has 0 atom stereocenters. The van der Waals surface area contributed by atoms with Gasteiger partial charge in [0.15, 0.2) is 0 Å². The Morgan fingerprint density at radius 2 is 1.70 bits per heavy atom. The predicted molar refractivity (Wildman–Crippen MR) is 176 cm³/mol. The molecule has 2 aliphatic heterocycles. The quantitative estimate of drug-likeness (QED) is 0.179. The van der Waals surface area contributed by atoms with Crippen molar-refractivity contribution >= 4 is 27.8 Å². The molecule has 5 aromatic rings. The minimum Gasteiger partial charge on any atom is -0.353 e. The molecule has 1 saturated carbocycles.